The van der Waals surface area contributed by atoms with Gasteiger partial charge >= 0.3 is 6.03 Å². The van der Waals surface area contributed by atoms with E-state index in [2.05, 4.69) is 41.5 Å². The van der Waals surface area contributed by atoms with Crippen LogP contribution in [-0.4, -0.2) is 27.8 Å². The number of aliphatic hydroxyl groups excluding tert-OH is 1. The Labute approximate surface area is 141 Å². The first kappa shape index (κ1) is 17.9. The highest BCUT2D eigenvalue weighted by molar-refractivity contribution is 5.73. The summed E-state index contributed by atoms with van der Waals surface area (Å²) >= 11 is 0. The summed E-state index contributed by atoms with van der Waals surface area (Å²) < 4.78 is 4.81. The van der Waals surface area contributed by atoms with Crippen LogP contribution in [0.15, 0.2) is 28.8 Å². The minimum atomic E-state index is -0.766. The quantitative estimate of drug-likeness (QED) is 0.779. The predicted molar refractivity (Wildman–Crippen MR) is 89.4 cm³/mol. The number of nitrogens with one attached hydrogen (secondary N) is 2. The lowest BCUT2D eigenvalue weighted by Gasteiger charge is -2.20. The van der Waals surface area contributed by atoms with Crippen LogP contribution in [0.25, 0.3) is 0 Å². The number of amides is 2. The molecule has 0 aliphatic heterocycles. The van der Waals surface area contributed by atoms with Crippen LogP contribution < -0.4 is 10.6 Å². The van der Waals surface area contributed by atoms with Crippen molar-refractivity contribution in [1.82, 2.24) is 20.8 Å². The molecule has 0 fully saturated rings. The second-order valence-electron chi connectivity index (χ2n) is 6.68. The average molecular weight is 332 g/mol. The Morgan fingerprint density at radius 2 is 1.92 bits per heavy atom. The van der Waals surface area contributed by atoms with E-state index in [1.165, 1.54) is 5.56 Å². The Bertz CT molecular complexity index is 674. The Morgan fingerprint density at radius 3 is 2.46 bits per heavy atom. The fraction of sp³-hybridized carbons (Fsp3) is 0.471. The molecule has 1 heterocycles. The molecule has 3 N–H and O–H groups in total. The van der Waals surface area contributed by atoms with Gasteiger partial charge in [-0.15, -0.1) is 0 Å². The van der Waals surface area contributed by atoms with E-state index in [9.17, 15) is 9.90 Å². The lowest BCUT2D eigenvalue weighted by molar-refractivity contribution is 0.173. The van der Waals surface area contributed by atoms with Crippen molar-refractivity contribution in [3.8, 4) is 0 Å². The van der Waals surface area contributed by atoms with Crippen molar-refractivity contribution >= 4 is 6.03 Å². The van der Waals surface area contributed by atoms with Crippen LogP contribution in [-0.2, 0) is 12.0 Å². The van der Waals surface area contributed by atoms with Crippen molar-refractivity contribution in [2.75, 3.05) is 6.54 Å². The Hall–Kier alpha value is -2.41. The zero-order valence-corrected chi connectivity index (χ0v) is 14.5. The van der Waals surface area contributed by atoms with Crippen LogP contribution in [0.3, 0.4) is 0 Å². The van der Waals surface area contributed by atoms with E-state index in [1.54, 1.807) is 6.92 Å². The largest absolute Gasteiger partial charge is 0.387 e. The third kappa shape index (κ3) is 5.06. The van der Waals surface area contributed by atoms with E-state index in [0.717, 1.165) is 5.56 Å². The fourth-order valence-electron chi connectivity index (χ4n) is 2.15. The van der Waals surface area contributed by atoms with Crippen molar-refractivity contribution in [2.24, 2.45) is 0 Å². The Balaban J connectivity index is 1.79. The summed E-state index contributed by atoms with van der Waals surface area (Å²) in [6.45, 7) is 8.37. The predicted octanol–water partition coefficient (Wildman–Crippen LogP) is 2.21. The van der Waals surface area contributed by atoms with Gasteiger partial charge in [-0.1, -0.05) is 50.2 Å². The summed E-state index contributed by atoms with van der Waals surface area (Å²) in [5.41, 5.74) is 2.02. The molecule has 7 heteroatoms. The molecule has 0 aliphatic rings. The second-order valence-corrected chi connectivity index (χ2v) is 6.68. The molecule has 1 atom stereocenters. The minimum Gasteiger partial charge on any atom is -0.387 e. The number of aromatic nitrogens is 2. The van der Waals surface area contributed by atoms with Crippen LogP contribution in [0.4, 0.5) is 4.79 Å². The summed E-state index contributed by atoms with van der Waals surface area (Å²) in [5.74, 6) is 0.849. The molecule has 0 radical (unpaired) electrons. The molecule has 2 aromatic rings. The average Bonchev–Trinajstić information content (AvgIpc) is 2.95. The van der Waals surface area contributed by atoms with Crippen LogP contribution in [0, 0.1) is 6.92 Å². The van der Waals surface area contributed by atoms with E-state index in [0.29, 0.717) is 11.7 Å². The van der Waals surface area contributed by atoms with Gasteiger partial charge in [0.05, 0.1) is 12.6 Å². The molecule has 130 valence electrons. The SMILES string of the molecule is Cc1nc(CNC(=O)NCC(O)c2ccc(C(C)(C)C)cc2)no1. The molecule has 7 nitrogen and oxygen atoms in total. The van der Waals surface area contributed by atoms with Gasteiger partial charge in [-0.2, -0.15) is 4.98 Å². The number of benzene rings is 1. The first-order valence-electron chi connectivity index (χ1n) is 7.85. The molecule has 0 saturated carbocycles. The molecule has 1 unspecified atom stereocenters. The number of aryl methyl sites for hydroxylation is 1. The maximum atomic E-state index is 11.7. The number of rotatable bonds is 5. The highest BCUT2D eigenvalue weighted by Crippen LogP contribution is 2.23. The molecule has 24 heavy (non-hydrogen) atoms. The van der Waals surface area contributed by atoms with Crippen molar-refractivity contribution in [2.45, 2.75) is 45.8 Å². The number of aliphatic hydroxyl groups is 1. The lowest BCUT2D eigenvalue weighted by atomic mass is 9.86. The third-order valence-electron chi connectivity index (χ3n) is 3.59. The van der Waals surface area contributed by atoms with Crippen LogP contribution in [0.2, 0.25) is 0 Å². The summed E-state index contributed by atoms with van der Waals surface area (Å²) in [6, 6.07) is 7.36. The van der Waals surface area contributed by atoms with Crippen molar-refractivity contribution in [1.29, 1.82) is 0 Å². The molecule has 0 aliphatic carbocycles. The number of hydrogen-bond acceptors (Lipinski definition) is 5. The van der Waals surface area contributed by atoms with E-state index in [1.807, 2.05) is 24.3 Å². The molecule has 2 rings (SSSR count). The number of hydrogen-bond donors (Lipinski definition) is 3. The molecule has 0 bridgehead atoms. The van der Waals surface area contributed by atoms with Gasteiger partial charge in [-0.05, 0) is 16.5 Å². The Morgan fingerprint density at radius 1 is 1.25 bits per heavy atom. The van der Waals surface area contributed by atoms with Crippen LogP contribution >= 0.6 is 0 Å². The summed E-state index contributed by atoms with van der Waals surface area (Å²) in [7, 11) is 0. The zero-order valence-electron chi connectivity index (χ0n) is 14.5. The zero-order chi connectivity index (χ0) is 17.7. The van der Waals surface area contributed by atoms with Gasteiger partial charge < -0.3 is 20.3 Å². The van der Waals surface area contributed by atoms with Crippen molar-refractivity contribution in [3.05, 3.63) is 47.1 Å². The molecule has 0 spiro atoms. The smallest absolute Gasteiger partial charge is 0.315 e. The van der Waals surface area contributed by atoms with Crippen molar-refractivity contribution in [3.63, 3.8) is 0 Å². The van der Waals surface area contributed by atoms with Gasteiger partial charge in [0, 0.05) is 13.5 Å². The van der Waals surface area contributed by atoms with E-state index in [4.69, 9.17) is 4.52 Å². The summed E-state index contributed by atoms with van der Waals surface area (Å²) in [5, 5.41) is 19.1. The van der Waals surface area contributed by atoms with Gasteiger partial charge in [0.15, 0.2) is 5.82 Å². The normalized spacial score (nSPS) is 12.7. The maximum Gasteiger partial charge on any atom is 0.315 e. The highest BCUT2D eigenvalue weighted by atomic mass is 16.5. The van der Waals surface area contributed by atoms with Crippen LogP contribution in [0.1, 0.15) is 49.7 Å². The number of urea groups is 1. The van der Waals surface area contributed by atoms with Gasteiger partial charge in [-0.25, -0.2) is 4.79 Å². The van der Waals surface area contributed by atoms with Gasteiger partial charge in [0.25, 0.3) is 0 Å². The third-order valence-corrected chi connectivity index (χ3v) is 3.59. The van der Waals surface area contributed by atoms with Gasteiger partial charge in [-0.3, -0.25) is 0 Å². The Kier molecular flexibility index (Phi) is 5.56. The molecule has 2 amide bonds. The highest BCUT2D eigenvalue weighted by Gasteiger charge is 2.15. The molecular weight excluding hydrogens is 308 g/mol. The molecular formula is C17H24N4O3. The van der Waals surface area contributed by atoms with Crippen LogP contribution in [0.5, 0.6) is 0 Å². The summed E-state index contributed by atoms with van der Waals surface area (Å²) in [6.07, 6.45) is -0.766. The molecule has 1 aromatic heterocycles. The van der Waals surface area contributed by atoms with Gasteiger partial charge in [0.2, 0.25) is 5.89 Å². The van der Waals surface area contributed by atoms with E-state index < -0.39 is 12.1 Å². The summed E-state index contributed by atoms with van der Waals surface area (Å²) in [4.78, 5) is 15.7. The fourth-order valence-corrected chi connectivity index (χ4v) is 2.15. The van der Waals surface area contributed by atoms with E-state index >= 15 is 0 Å². The minimum absolute atomic E-state index is 0.0646. The first-order valence-corrected chi connectivity index (χ1v) is 7.85. The first-order chi connectivity index (χ1) is 11.3. The van der Waals surface area contributed by atoms with Gasteiger partial charge in [0.1, 0.15) is 0 Å². The number of carbonyl (C=O) groups is 1. The standard InChI is InChI=1S/C17H24N4O3/c1-11-20-15(21-24-11)10-19-16(23)18-9-14(22)12-5-7-13(8-6-12)17(2,3)4/h5-8,14,22H,9-10H2,1-4H3,(H2,18,19,23). The number of carbonyl (C=O) groups excluding carboxylic acids is 1. The molecule has 1 aromatic carbocycles. The monoisotopic (exact) mass is 332 g/mol. The van der Waals surface area contributed by atoms with Crippen molar-refractivity contribution < 1.29 is 14.4 Å². The lowest BCUT2D eigenvalue weighted by Crippen LogP contribution is -2.37. The number of nitrogens with zero attached hydrogens (tertiary/aromatic N) is 2. The van der Waals surface area contributed by atoms with E-state index in [-0.39, 0.29) is 18.5 Å². The second kappa shape index (κ2) is 7.44. The topological polar surface area (TPSA) is 100 Å². The molecule has 0 saturated heterocycles. The maximum absolute atomic E-state index is 11.7.